The summed E-state index contributed by atoms with van der Waals surface area (Å²) in [6.45, 7) is 2.40. The number of methoxy groups -OCH3 is 1. The summed E-state index contributed by atoms with van der Waals surface area (Å²) in [4.78, 5) is 0. The second kappa shape index (κ2) is 4.79. The molecule has 5 heteroatoms. The fourth-order valence-corrected chi connectivity index (χ4v) is 1.83. The molecule has 0 aromatic heterocycles. The zero-order chi connectivity index (χ0) is 12.4. The maximum absolute atomic E-state index is 14.0. The Bertz CT molecular complexity index is 417. The SMILES string of the molecule is COc1cc2c(c(CC(C)O)c1F)OCCO2. The molecule has 1 atom stereocenters. The van der Waals surface area contributed by atoms with Crippen molar-refractivity contribution in [3.05, 3.63) is 17.4 Å². The third kappa shape index (κ3) is 2.29. The molecule has 1 aromatic carbocycles. The fraction of sp³-hybridized carbons (Fsp3) is 0.500. The van der Waals surface area contributed by atoms with Crippen molar-refractivity contribution in [2.24, 2.45) is 0 Å². The lowest BCUT2D eigenvalue weighted by atomic mass is 10.0. The molecular formula is C12H15FO4. The summed E-state index contributed by atoms with van der Waals surface area (Å²) in [7, 11) is 1.39. The first-order chi connectivity index (χ1) is 8.13. The highest BCUT2D eigenvalue weighted by Gasteiger charge is 2.24. The topological polar surface area (TPSA) is 47.9 Å². The molecule has 94 valence electrons. The summed E-state index contributed by atoms with van der Waals surface area (Å²) < 4.78 is 29.8. The standard InChI is InChI=1S/C12H15FO4/c1-7(14)5-8-11(13)9(15-2)6-10-12(8)17-4-3-16-10/h6-7,14H,3-5H2,1-2H3. The first kappa shape index (κ1) is 12.0. The summed E-state index contributed by atoms with van der Waals surface area (Å²) in [5, 5.41) is 9.39. The Morgan fingerprint density at radius 3 is 2.82 bits per heavy atom. The molecule has 0 aliphatic carbocycles. The Labute approximate surface area is 98.9 Å². The van der Waals surface area contributed by atoms with E-state index < -0.39 is 11.9 Å². The smallest absolute Gasteiger partial charge is 0.172 e. The van der Waals surface area contributed by atoms with Gasteiger partial charge in [0, 0.05) is 18.1 Å². The largest absolute Gasteiger partial charge is 0.494 e. The molecule has 0 bridgehead atoms. The molecule has 0 fully saturated rings. The minimum atomic E-state index is -0.661. The zero-order valence-electron chi connectivity index (χ0n) is 9.83. The van der Waals surface area contributed by atoms with Crippen molar-refractivity contribution in [3.63, 3.8) is 0 Å². The van der Waals surface area contributed by atoms with Crippen LogP contribution in [0.2, 0.25) is 0 Å². The van der Waals surface area contributed by atoms with Crippen LogP contribution in [0.4, 0.5) is 4.39 Å². The van der Waals surface area contributed by atoms with Crippen LogP contribution in [0.3, 0.4) is 0 Å². The second-order valence-electron chi connectivity index (χ2n) is 3.95. The Morgan fingerprint density at radius 1 is 1.47 bits per heavy atom. The van der Waals surface area contributed by atoms with Crippen molar-refractivity contribution in [1.29, 1.82) is 0 Å². The van der Waals surface area contributed by atoms with Crippen LogP contribution < -0.4 is 14.2 Å². The first-order valence-electron chi connectivity index (χ1n) is 5.46. The Kier molecular flexibility index (Phi) is 3.38. The molecule has 4 nitrogen and oxygen atoms in total. The number of fused-ring (bicyclic) bond motifs is 1. The van der Waals surface area contributed by atoms with Gasteiger partial charge in [0.2, 0.25) is 0 Å². The molecule has 1 N–H and O–H groups in total. The highest BCUT2D eigenvalue weighted by Crippen LogP contribution is 2.40. The van der Waals surface area contributed by atoms with Gasteiger partial charge in [-0.1, -0.05) is 0 Å². The summed E-state index contributed by atoms with van der Waals surface area (Å²) in [6.07, 6.45) is -0.499. The van der Waals surface area contributed by atoms with Crippen LogP contribution in [0, 0.1) is 5.82 Å². The Hall–Kier alpha value is -1.49. The van der Waals surface area contributed by atoms with Crippen LogP contribution in [-0.4, -0.2) is 31.5 Å². The van der Waals surface area contributed by atoms with E-state index in [9.17, 15) is 9.50 Å². The van der Waals surface area contributed by atoms with Gasteiger partial charge in [0.05, 0.1) is 13.2 Å². The van der Waals surface area contributed by atoms with E-state index in [4.69, 9.17) is 14.2 Å². The van der Waals surface area contributed by atoms with E-state index in [1.54, 1.807) is 6.92 Å². The van der Waals surface area contributed by atoms with Crippen LogP contribution in [0.25, 0.3) is 0 Å². The van der Waals surface area contributed by atoms with Crippen molar-refractivity contribution in [3.8, 4) is 17.2 Å². The quantitative estimate of drug-likeness (QED) is 0.873. The summed E-state index contributed by atoms with van der Waals surface area (Å²) in [5.41, 5.74) is 0.300. The molecule has 1 unspecified atom stereocenters. The van der Waals surface area contributed by atoms with Gasteiger partial charge < -0.3 is 19.3 Å². The predicted octanol–water partition coefficient (Wildman–Crippen LogP) is 1.53. The summed E-state index contributed by atoms with van der Waals surface area (Å²) in [5.74, 6) is 0.433. The number of aliphatic hydroxyl groups is 1. The van der Waals surface area contributed by atoms with E-state index in [1.807, 2.05) is 0 Å². The van der Waals surface area contributed by atoms with Crippen molar-refractivity contribution in [2.75, 3.05) is 20.3 Å². The molecule has 1 aliphatic rings. The average Bonchev–Trinajstić information content (AvgIpc) is 2.32. The number of aliphatic hydroxyl groups excluding tert-OH is 1. The number of benzene rings is 1. The highest BCUT2D eigenvalue weighted by molar-refractivity contribution is 5.53. The third-order valence-electron chi connectivity index (χ3n) is 2.55. The van der Waals surface area contributed by atoms with Crippen molar-refractivity contribution >= 4 is 0 Å². The van der Waals surface area contributed by atoms with E-state index in [-0.39, 0.29) is 12.2 Å². The average molecular weight is 242 g/mol. The first-order valence-corrected chi connectivity index (χ1v) is 5.46. The number of hydrogen-bond acceptors (Lipinski definition) is 4. The minimum Gasteiger partial charge on any atom is -0.494 e. The van der Waals surface area contributed by atoms with E-state index in [0.717, 1.165) is 0 Å². The predicted molar refractivity (Wildman–Crippen MR) is 59.3 cm³/mol. The Morgan fingerprint density at radius 2 is 2.18 bits per heavy atom. The minimum absolute atomic E-state index is 0.102. The number of halogens is 1. The molecule has 0 amide bonds. The van der Waals surface area contributed by atoms with E-state index in [1.165, 1.54) is 13.2 Å². The maximum atomic E-state index is 14.0. The molecule has 0 saturated carbocycles. The lowest BCUT2D eigenvalue weighted by molar-refractivity contribution is 0.160. The molecule has 0 saturated heterocycles. The van der Waals surface area contributed by atoms with Gasteiger partial charge in [-0.05, 0) is 6.92 Å². The van der Waals surface area contributed by atoms with Crippen LogP contribution in [0.5, 0.6) is 17.2 Å². The van der Waals surface area contributed by atoms with Crippen molar-refractivity contribution < 1.29 is 23.7 Å². The van der Waals surface area contributed by atoms with Gasteiger partial charge in [0.25, 0.3) is 0 Å². The lowest BCUT2D eigenvalue weighted by Gasteiger charge is -2.23. The fourth-order valence-electron chi connectivity index (χ4n) is 1.83. The van der Waals surface area contributed by atoms with Crippen molar-refractivity contribution in [1.82, 2.24) is 0 Å². The molecule has 1 aromatic rings. The zero-order valence-corrected chi connectivity index (χ0v) is 9.83. The van der Waals surface area contributed by atoms with Gasteiger partial charge in [0.1, 0.15) is 13.2 Å². The highest BCUT2D eigenvalue weighted by atomic mass is 19.1. The van der Waals surface area contributed by atoms with E-state index >= 15 is 0 Å². The lowest BCUT2D eigenvalue weighted by Crippen LogP contribution is -2.19. The van der Waals surface area contributed by atoms with Crippen molar-refractivity contribution in [2.45, 2.75) is 19.4 Å². The molecular weight excluding hydrogens is 227 g/mol. The molecule has 17 heavy (non-hydrogen) atoms. The normalized spacial score (nSPS) is 15.5. The molecule has 0 radical (unpaired) electrons. The molecule has 1 aliphatic heterocycles. The van der Waals surface area contributed by atoms with Crippen LogP contribution in [0.15, 0.2) is 6.07 Å². The van der Waals surface area contributed by atoms with Crippen LogP contribution >= 0.6 is 0 Å². The van der Waals surface area contributed by atoms with Gasteiger partial charge in [-0.15, -0.1) is 0 Å². The third-order valence-corrected chi connectivity index (χ3v) is 2.55. The van der Waals surface area contributed by atoms with Gasteiger partial charge in [-0.25, -0.2) is 4.39 Å². The van der Waals surface area contributed by atoms with E-state index in [2.05, 4.69) is 0 Å². The Balaban J connectivity index is 2.51. The monoisotopic (exact) mass is 242 g/mol. The second-order valence-corrected chi connectivity index (χ2v) is 3.95. The molecule has 0 spiro atoms. The van der Waals surface area contributed by atoms with Gasteiger partial charge in [-0.3, -0.25) is 0 Å². The van der Waals surface area contributed by atoms with Crippen LogP contribution in [0.1, 0.15) is 12.5 Å². The van der Waals surface area contributed by atoms with Gasteiger partial charge >= 0.3 is 0 Å². The molecule has 2 rings (SSSR count). The van der Waals surface area contributed by atoms with Crippen LogP contribution in [-0.2, 0) is 6.42 Å². The number of ether oxygens (including phenoxy) is 3. The van der Waals surface area contributed by atoms with Gasteiger partial charge in [-0.2, -0.15) is 0 Å². The summed E-state index contributed by atoms with van der Waals surface area (Å²) in [6, 6.07) is 1.47. The van der Waals surface area contributed by atoms with Gasteiger partial charge in [0.15, 0.2) is 23.1 Å². The summed E-state index contributed by atoms with van der Waals surface area (Å²) >= 11 is 0. The number of rotatable bonds is 3. The maximum Gasteiger partial charge on any atom is 0.172 e. The molecule has 1 heterocycles. The van der Waals surface area contributed by atoms with E-state index in [0.29, 0.717) is 30.3 Å². The number of hydrogen-bond donors (Lipinski definition) is 1.